The van der Waals surface area contributed by atoms with Crippen LogP contribution < -0.4 is 16.4 Å². The first-order valence-corrected chi connectivity index (χ1v) is 9.31. The lowest BCUT2D eigenvalue weighted by Gasteiger charge is -2.14. The first-order chi connectivity index (χ1) is 11.6. The Labute approximate surface area is 158 Å². The lowest BCUT2D eigenvalue weighted by atomic mass is 10.1. The zero-order valence-electron chi connectivity index (χ0n) is 14.6. The molecule has 0 aromatic heterocycles. The highest BCUT2D eigenvalue weighted by molar-refractivity contribution is 7.90. The van der Waals surface area contributed by atoms with Crippen LogP contribution in [0.25, 0.3) is 0 Å². The summed E-state index contributed by atoms with van der Waals surface area (Å²) in [5.41, 5.74) is 8.45. The third-order valence-electron chi connectivity index (χ3n) is 3.54. The molecule has 5 N–H and O–H groups in total. The van der Waals surface area contributed by atoms with Crippen molar-refractivity contribution in [1.82, 2.24) is 5.32 Å². The van der Waals surface area contributed by atoms with Crippen LogP contribution >= 0.6 is 12.4 Å². The molecule has 1 amide bonds. The first-order valence-electron chi connectivity index (χ1n) is 7.41. The van der Waals surface area contributed by atoms with E-state index in [2.05, 4.69) is 10.6 Å². The Kier molecular flexibility index (Phi) is 6.77. The van der Waals surface area contributed by atoms with Crippen LogP contribution in [0.3, 0.4) is 0 Å². The van der Waals surface area contributed by atoms with Crippen molar-refractivity contribution >= 4 is 45.5 Å². The van der Waals surface area contributed by atoms with Gasteiger partial charge in [-0.15, -0.1) is 12.4 Å². The number of nitrogens with one attached hydrogen (secondary N) is 3. The summed E-state index contributed by atoms with van der Waals surface area (Å²) in [6.07, 6.45) is 1.07. The summed E-state index contributed by atoms with van der Waals surface area (Å²) in [5.74, 6) is -1.15. The molecule has 0 radical (unpaired) electrons. The zero-order chi connectivity index (χ0) is 18.8. The van der Waals surface area contributed by atoms with Gasteiger partial charge in [-0.05, 0) is 43.7 Å². The molecule has 2 aromatic carbocycles. The van der Waals surface area contributed by atoms with Gasteiger partial charge in [-0.2, -0.15) is 0 Å². The second-order valence-corrected chi connectivity index (χ2v) is 7.78. The summed E-state index contributed by atoms with van der Waals surface area (Å²) >= 11 is 0. The first kappa shape index (κ1) is 21.5. The van der Waals surface area contributed by atoms with E-state index < -0.39 is 21.7 Å². The Morgan fingerprint density at radius 2 is 1.69 bits per heavy atom. The zero-order valence-corrected chi connectivity index (χ0v) is 16.2. The van der Waals surface area contributed by atoms with E-state index in [1.807, 2.05) is 32.0 Å². The lowest BCUT2D eigenvalue weighted by molar-refractivity contribution is 0.0976. The fraction of sp³-hybridized carbons (Fsp3) is 0.176. The molecule has 2 rings (SSSR count). The molecule has 0 spiro atoms. The molecule has 0 atom stereocenters. The number of benzene rings is 2. The number of amides is 1. The van der Waals surface area contributed by atoms with Crippen LogP contribution in [0.15, 0.2) is 41.3 Å². The molecule has 0 bridgehead atoms. The second kappa shape index (κ2) is 8.20. The van der Waals surface area contributed by atoms with E-state index in [0.29, 0.717) is 5.69 Å². The van der Waals surface area contributed by atoms with Crippen molar-refractivity contribution in [2.24, 2.45) is 5.73 Å². The van der Waals surface area contributed by atoms with Crippen LogP contribution in [0.2, 0.25) is 0 Å². The fourth-order valence-corrected chi connectivity index (χ4v) is 3.23. The van der Waals surface area contributed by atoms with Crippen LogP contribution in [-0.4, -0.2) is 26.5 Å². The molecule has 9 heteroatoms. The summed E-state index contributed by atoms with van der Waals surface area (Å²) in [7, 11) is -3.59. The van der Waals surface area contributed by atoms with Gasteiger partial charge in [0, 0.05) is 17.5 Å². The molecule has 0 heterocycles. The molecule has 0 aliphatic heterocycles. The number of sulfone groups is 1. The third-order valence-corrected chi connectivity index (χ3v) is 4.68. The highest BCUT2D eigenvalue weighted by atomic mass is 35.5. The van der Waals surface area contributed by atoms with Crippen LogP contribution in [0.4, 0.5) is 11.4 Å². The number of aryl methyl sites for hydroxylation is 2. The van der Waals surface area contributed by atoms with Crippen LogP contribution in [-0.2, 0) is 9.84 Å². The van der Waals surface area contributed by atoms with Crippen molar-refractivity contribution in [3.05, 3.63) is 53.1 Å². The maximum atomic E-state index is 12.1. The van der Waals surface area contributed by atoms with Gasteiger partial charge in [-0.3, -0.25) is 15.5 Å². The van der Waals surface area contributed by atoms with Gasteiger partial charge in [0.25, 0.3) is 5.91 Å². The maximum Gasteiger partial charge on any atom is 0.257 e. The molecule has 0 unspecified atom stereocenters. The number of nitrogens with two attached hydrogens (primary N) is 1. The molecule has 0 aliphatic carbocycles. The highest BCUT2D eigenvalue weighted by Gasteiger charge is 2.18. The lowest BCUT2D eigenvalue weighted by Crippen LogP contribution is -2.35. The van der Waals surface area contributed by atoms with E-state index in [1.54, 1.807) is 0 Å². The topological polar surface area (TPSA) is 125 Å². The predicted molar refractivity (Wildman–Crippen MR) is 105 cm³/mol. The van der Waals surface area contributed by atoms with E-state index in [0.717, 1.165) is 23.1 Å². The van der Waals surface area contributed by atoms with Gasteiger partial charge in [-0.1, -0.05) is 17.7 Å². The molecule has 0 fully saturated rings. The molecule has 0 aliphatic rings. The van der Waals surface area contributed by atoms with Crippen LogP contribution in [0, 0.1) is 19.3 Å². The average molecular weight is 397 g/mol. The Bertz CT molecular complexity index is 958. The van der Waals surface area contributed by atoms with E-state index in [9.17, 15) is 13.2 Å². The van der Waals surface area contributed by atoms with Gasteiger partial charge in [0.15, 0.2) is 15.8 Å². The number of hydrogen-bond acceptors (Lipinski definition) is 5. The fourth-order valence-electron chi connectivity index (χ4n) is 2.37. The molecular weight excluding hydrogens is 376 g/mol. The molecule has 0 saturated heterocycles. The Morgan fingerprint density at radius 3 is 2.23 bits per heavy atom. The Hall–Kier alpha value is -2.58. The molecule has 2 aromatic rings. The van der Waals surface area contributed by atoms with Gasteiger partial charge in [0.05, 0.1) is 10.6 Å². The van der Waals surface area contributed by atoms with Crippen LogP contribution in [0.1, 0.15) is 21.5 Å². The summed E-state index contributed by atoms with van der Waals surface area (Å²) < 4.78 is 24.3. The quantitative estimate of drug-likeness (QED) is 0.466. The Morgan fingerprint density at radius 1 is 1.08 bits per heavy atom. The van der Waals surface area contributed by atoms with Crippen molar-refractivity contribution in [3.8, 4) is 0 Å². The number of rotatable bonds is 4. The van der Waals surface area contributed by atoms with Gasteiger partial charge in [0.2, 0.25) is 0 Å². The summed E-state index contributed by atoms with van der Waals surface area (Å²) in [6.45, 7) is 3.89. The van der Waals surface area contributed by atoms with Gasteiger partial charge < -0.3 is 11.1 Å². The standard InChI is InChI=1S/C17H20N4O3S.ClH/c1-10-4-6-13(11(2)8-10)20-14-7-5-12(16(22)21-17(18)19)9-15(14)25(3,23)24;/h4-9,20H,1-3H3,(H4,18,19,21,22);1H. The normalized spacial score (nSPS) is 10.6. The number of halogens is 1. The molecule has 26 heavy (non-hydrogen) atoms. The summed E-state index contributed by atoms with van der Waals surface area (Å²) in [5, 5.41) is 12.3. The SMILES string of the molecule is Cc1ccc(Nc2ccc(C(=O)NC(=N)N)cc2S(C)(=O)=O)c(C)c1.Cl. The van der Waals surface area contributed by atoms with Gasteiger partial charge in [-0.25, -0.2) is 8.42 Å². The van der Waals surface area contributed by atoms with Crippen molar-refractivity contribution < 1.29 is 13.2 Å². The van der Waals surface area contributed by atoms with Crippen molar-refractivity contribution in [1.29, 1.82) is 5.41 Å². The van der Waals surface area contributed by atoms with Gasteiger partial charge >= 0.3 is 0 Å². The molecule has 0 saturated carbocycles. The smallest absolute Gasteiger partial charge is 0.257 e. The number of carbonyl (C=O) groups is 1. The maximum absolute atomic E-state index is 12.1. The highest BCUT2D eigenvalue weighted by Crippen LogP contribution is 2.28. The minimum atomic E-state index is -3.59. The minimum absolute atomic E-state index is 0. The van der Waals surface area contributed by atoms with Gasteiger partial charge in [0.1, 0.15) is 0 Å². The predicted octanol–water partition coefficient (Wildman–Crippen LogP) is 2.50. The van der Waals surface area contributed by atoms with E-state index in [-0.39, 0.29) is 22.9 Å². The average Bonchev–Trinajstić information content (AvgIpc) is 2.48. The number of anilines is 2. The second-order valence-electron chi connectivity index (χ2n) is 5.79. The number of hydrogen-bond donors (Lipinski definition) is 4. The van der Waals surface area contributed by atoms with E-state index in [1.165, 1.54) is 18.2 Å². The third kappa shape index (κ3) is 5.21. The van der Waals surface area contributed by atoms with Crippen molar-refractivity contribution in [2.75, 3.05) is 11.6 Å². The van der Waals surface area contributed by atoms with Crippen LogP contribution in [0.5, 0.6) is 0 Å². The van der Waals surface area contributed by atoms with Crippen molar-refractivity contribution in [2.45, 2.75) is 18.7 Å². The molecule has 7 nitrogen and oxygen atoms in total. The van der Waals surface area contributed by atoms with E-state index >= 15 is 0 Å². The Balaban J connectivity index is 0.00000338. The number of carbonyl (C=O) groups excluding carboxylic acids is 1. The number of guanidine groups is 1. The molecule has 140 valence electrons. The monoisotopic (exact) mass is 396 g/mol. The molecular formula is C17H21ClN4O3S. The summed E-state index contributed by atoms with van der Waals surface area (Å²) in [6, 6.07) is 10.0. The van der Waals surface area contributed by atoms with Crippen molar-refractivity contribution in [3.63, 3.8) is 0 Å². The minimum Gasteiger partial charge on any atom is -0.370 e. The van der Waals surface area contributed by atoms with E-state index in [4.69, 9.17) is 11.1 Å². The largest absolute Gasteiger partial charge is 0.370 e. The summed E-state index contributed by atoms with van der Waals surface area (Å²) in [4.78, 5) is 11.9.